The number of isocyanates is 1. The van der Waals surface area contributed by atoms with Crippen LogP contribution in [0.5, 0.6) is 5.75 Å². The summed E-state index contributed by atoms with van der Waals surface area (Å²) in [7, 11) is 0. The van der Waals surface area contributed by atoms with E-state index in [4.69, 9.17) is 4.74 Å². The standard InChI is InChI=1S/C13H15NO2/c1-2-16-12-6-3-5-11(9-12)13(14-10-15)7-4-8-13/h3,5-6,9H,2,4,7-8H2,1H3. The summed E-state index contributed by atoms with van der Waals surface area (Å²) < 4.78 is 5.45. The van der Waals surface area contributed by atoms with Crippen molar-refractivity contribution >= 4 is 6.08 Å². The highest BCUT2D eigenvalue weighted by molar-refractivity contribution is 5.41. The number of hydrogen-bond acceptors (Lipinski definition) is 3. The Morgan fingerprint density at radius 1 is 1.50 bits per heavy atom. The Kier molecular flexibility index (Phi) is 3.07. The van der Waals surface area contributed by atoms with E-state index in [0.29, 0.717) is 6.61 Å². The second-order valence-electron chi connectivity index (χ2n) is 4.05. The Hall–Kier alpha value is -1.60. The Balaban J connectivity index is 2.31. The number of carbonyl (C=O) groups excluding carboxylic acids is 1. The third-order valence-electron chi connectivity index (χ3n) is 3.12. The van der Waals surface area contributed by atoms with Crippen molar-refractivity contribution in [3.8, 4) is 5.75 Å². The molecule has 0 spiro atoms. The molecule has 0 aromatic heterocycles. The van der Waals surface area contributed by atoms with E-state index in [0.717, 1.165) is 30.6 Å². The maximum atomic E-state index is 10.5. The lowest BCUT2D eigenvalue weighted by molar-refractivity contribution is 0.254. The molecule has 0 aliphatic heterocycles. The molecule has 0 radical (unpaired) electrons. The average Bonchev–Trinajstić information content (AvgIpc) is 2.24. The van der Waals surface area contributed by atoms with Gasteiger partial charge in [-0.05, 0) is 43.9 Å². The second-order valence-corrected chi connectivity index (χ2v) is 4.05. The molecule has 16 heavy (non-hydrogen) atoms. The summed E-state index contributed by atoms with van der Waals surface area (Å²) in [5, 5.41) is 0. The molecule has 0 saturated heterocycles. The molecule has 0 atom stereocenters. The molecular formula is C13H15NO2. The van der Waals surface area contributed by atoms with E-state index in [1.807, 2.05) is 31.2 Å². The summed E-state index contributed by atoms with van der Waals surface area (Å²) in [5.41, 5.74) is 0.738. The van der Waals surface area contributed by atoms with Crippen molar-refractivity contribution in [3.05, 3.63) is 29.8 Å². The van der Waals surface area contributed by atoms with Gasteiger partial charge in [0.25, 0.3) is 0 Å². The number of aliphatic imine (C=N–C) groups is 1. The zero-order valence-electron chi connectivity index (χ0n) is 9.40. The lowest BCUT2D eigenvalue weighted by atomic mass is 9.72. The first-order valence-corrected chi connectivity index (χ1v) is 5.63. The summed E-state index contributed by atoms with van der Waals surface area (Å²) in [5.74, 6) is 0.840. The summed E-state index contributed by atoms with van der Waals surface area (Å²) >= 11 is 0. The molecule has 2 rings (SSSR count). The van der Waals surface area contributed by atoms with Crippen molar-refractivity contribution in [1.82, 2.24) is 0 Å². The van der Waals surface area contributed by atoms with Gasteiger partial charge in [0.2, 0.25) is 6.08 Å². The minimum atomic E-state index is -0.325. The highest BCUT2D eigenvalue weighted by Crippen LogP contribution is 2.45. The molecule has 1 aromatic carbocycles. The van der Waals surface area contributed by atoms with Crippen LogP contribution in [0.15, 0.2) is 29.3 Å². The van der Waals surface area contributed by atoms with Crippen molar-refractivity contribution in [3.63, 3.8) is 0 Å². The monoisotopic (exact) mass is 217 g/mol. The van der Waals surface area contributed by atoms with Gasteiger partial charge in [-0.25, -0.2) is 4.79 Å². The van der Waals surface area contributed by atoms with Gasteiger partial charge < -0.3 is 4.74 Å². The first-order chi connectivity index (χ1) is 7.80. The summed E-state index contributed by atoms with van der Waals surface area (Å²) in [4.78, 5) is 14.4. The second kappa shape index (κ2) is 4.50. The van der Waals surface area contributed by atoms with Crippen molar-refractivity contribution in [1.29, 1.82) is 0 Å². The molecule has 3 heteroatoms. The molecule has 1 saturated carbocycles. The van der Waals surface area contributed by atoms with E-state index in [2.05, 4.69) is 4.99 Å². The Labute approximate surface area is 95.2 Å². The third kappa shape index (κ3) is 1.86. The van der Waals surface area contributed by atoms with Gasteiger partial charge in [0.15, 0.2) is 0 Å². The maximum Gasteiger partial charge on any atom is 0.235 e. The fourth-order valence-electron chi connectivity index (χ4n) is 2.11. The average molecular weight is 217 g/mol. The first kappa shape index (κ1) is 10.9. The van der Waals surface area contributed by atoms with Crippen molar-refractivity contribution < 1.29 is 9.53 Å². The summed E-state index contributed by atoms with van der Waals surface area (Å²) in [6.07, 6.45) is 4.67. The molecule has 1 aromatic rings. The van der Waals surface area contributed by atoms with Gasteiger partial charge in [0, 0.05) is 0 Å². The Morgan fingerprint density at radius 3 is 2.88 bits per heavy atom. The normalized spacial score (nSPS) is 17.1. The minimum absolute atomic E-state index is 0.325. The van der Waals surface area contributed by atoms with E-state index < -0.39 is 0 Å². The van der Waals surface area contributed by atoms with Crippen LogP contribution in [-0.4, -0.2) is 12.7 Å². The molecule has 0 N–H and O–H groups in total. The Morgan fingerprint density at radius 2 is 2.31 bits per heavy atom. The van der Waals surface area contributed by atoms with Crippen LogP contribution in [0.2, 0.25) is 0 Å². The van der Waals surface area contributed by atoms with E-state index in [1.54, 1.807) is 6.08 Å². The van der Waals surface area contributed by atoms with Crippen LogP contribution >= 0.6 is 0 Å². The van der Waals surface area contributed by atoms with Gasteiger partial charge in [-0.15, -0.1) is 0 Å². The van der Waals surface area contributed by atoms with Crippen LogP contribution in [0, 0.1) is 0 Å². The molecule has 1 fully saturated rings. The summed E-state index contributed by atoms with van der Waals surface area (Å²) in [6, 6.07) is 7.84. The molecule has 0 heterocycles. The minimum Gasteiger partial charge on any atom is -0.494 e. The fraction of sp³-hybridized carbons (Fsp3) is 0.462. The van der Waals surface area contributed by atoms with E-state index in [9.17, 15) is 4.79 Å². The van der Waals surface area contributed by atoms with Crippen LogP contribution in [0.4, 0.5) is 0 Å². The molecule has 0 unspecified atom stereocenters. The van der Waals surface area contributed by atoms with Crippen LogP contribution in [0.3, 0.4) is 0 Å². The molecular weight excluding hydrogens is 202 g/mol. The van der Waals surface area contributed by atoms with Gasteiger partial charge in [0.05, 0.1) is 12.1 Å². The smallest absolute Gasteiger partial charge is 0.235 e. The van der Waals surface area contributed by atoms with Crippen molar-refractivity contribution in [2.24, 2.45) is 4.99 Å². The predicted octanol–water partition coefficient (Wildman–Crippen LogP) is 2.80. The quantitative estimate of drug-likeness (QED) is 0.574. The van der Waals surface area contributed by atoms with E-state index in [1.165, 1.54) is 0 Å². The van der Waals surface area contributed by atoms with Gasteiger partial charge in [0.1, 0.15) is 5.75 Å². The van der Waals surface area contributed by atoms with Crippen LogP contribution in [0.1, 0.15) is 31.7 Å². The van der Waals surface area contributed by atoms with Gasteiger partial charge in [-0.2, -0.15) is 4.99 Å². The highest BCUT2D eigenvalue weighted by atomic mass is 16.5. The topological polar surface area (TPSA) is 38.7 Å². The van der Waals surface area contributed by atoms with Crippen LogP contribution in [-0.2, 0) is 10.3 Å². The van der Waals surface area contributed by atoms with E-state index in [-0.39, 0.29) is 5.54 Å². The van der Waals surface area contributed by atoms with Gasteiger partial charge >= 0.3 is 0 Å². The predicted molar refractivity (Wildman–Crippen MR) is 61.3 cm³/mol. The van der Waals surface area contributed by atoms with Crippen LogP contribution in [0.25, 0.3) is 0 Å². The van der Waals surface area contributed by atoms with Gasteiger partial charge in [-0.1, -0.05) is 12.1 Å². The lowest BCUT2D eigenvalue weighted by Gasteiger charge is -2.37. The molecule has 84 valence electrons. The number of hydrogen-bond donors (Lipinski definition) is 0. The molecule has 0 amide bonds. The lowest BCUT2D eigenvalue weighted by Crippen LogP contribution is -2.31. The summed E-state index contributed by atoms with van der Waals surface area (Å²) in [6.45, 7) is 2.60. The largest absolute Gasteiger partial charge is 0.494 e. The highest BCUT2D eigenvalue weighted by Gasteiger charge is 2.38. The number of nitrogens with zero attached hydrogens (tertiary/aromatic N) is 1. The third-order valence-corrected chi connectivity index (χ3v) is 3.12. The number of rotatable bonds is 4. The Bertz CT molecular complexity index is 418. The zero-order chi connectivity index (χ0) is 11.4. The van der Waals surface area contributed by atoms with Crippen molar-refractivity contribution in [2.45, 2.75) is 31.7 Å². The fourth-order valence-corrected chi connectivity index (χ4v) is 2.11. The molecule has 0 bridgehead atoms. The zero-order valence-corrected chi connectivity index (χ0v) is 9.40. The first-order valence-electron chi connectivity index (χ1n) is 5.63. The number of benzene rings is 1. The van der Waals surface area contributed by atoms with Crippen LogP contribution < -0.4 is 4.74 Å². The molecule has 3 nitrogen and oxygen atoms in total. The molecule has 1 aliphatic carbocycles. The maximum absolute atomic E-state index is 10.5. The SMILES string of the molecule is CCOc1cccc(C2(N=C=O)CCC2)c1. The van der Waals surface area contributed by atoms with Crippen molar-refractivity contribution in [2.75, 3.05) is 6.61 Å². The van der Waals surface area contributed by atoms with Gasteiger partial charge in [-0.3, -0.25) is 0 Å². The van der Waals surface area contributed by atoms with E-state index >= 15 is 0 Å². The molecule has 1 aliphatic rings. The number of ether oxygens (including phenoxy) is 1.